The van der Waals surface area contributed by atoms with Crippen molar-refractivity contribution in [3.8, 4) is 5.69 Å². The normalized spacial score (nSPS) is 11.7. The Hall–Kier alpha value is -4.12. The van der Waals surface area contributed by atoms with Crippen LogP contribution < -0.4 is 10.9 Å². The Morgan fingerprint density at radius 3 is 2.46 bits per heavy atom. The maximum absolute atomic E-state index is 13.3. The van der Waals surface area contributed by atoms with Crippen LogP contribution in [0.1, 0.15) is 5.56 Å². The zero-order chi connectivity index (χ0) is 24.6. The highest BCUT2D eigenvalue weighted by molar-refractivity contribution is 7.99. The summed E-state index contributed by atoms with van der Waals surface area (Å²) in [6.07, 6.45) is -4.51. The van der Waals surface area contributed by atoms with Crippen molar-refractivity contribution in [2.24, 2.45) is 0 Å². The van der Waals surface area contributed by atoms with E-state index in [0.29, 0.717) is 21.7 Å². The number of alkyl halides is 3. The highest BCUT2D eigenvalue weighted by atomic mass is 32.2. The van der Waals surface area contributed by atoms with Crippen LogP contribution in [-0.2, 0) is 11.0 Å². The van der Waals surface area contributed by atoms with E-state index >= 15 is 0 Å². The van der Waals surface area contributed by atoms with Gasteiger partial charge in [0.2, 0.25) is 11.7 Å². The molecule has 2 heterocycles. The van der Waals surface area contributed by atoms with E-state index in [9.17, 15) is 22.8 Å². The molecule has 7 nitrogen and oxygen atoms in total. The van der Waals surface area contributed by atoms with Crippen molar-refractivity contribution in [3.05, 3.63) is 94.8 Å². The van der Waals surface area contributed by atoms with Gasteiger partial charge in [-0.2, -0.15) is 13.2 Å². The van der Waals surface area contributed by atoms with Gasteiger partial charge in [0, 0.05) is 5.69 Å². The van der Waals surface area contributed by atoms with E-state index in [2.05, 4.69) is 15.5 Å². The van der Waals surface area contributed by atoms with Gasteiger partial charge in [0.1, 0.15) is 0 Å². The Bertz CT molecular complexity index is 1610. The van der Waals surface area contributed by atoms with Crippen molar-refractivity contribution in [3.63, 3.8) is 0 Å². The van der Waals surface area contributed by atoms with Crippen LogP contribution in [-0.4, -0.2) is 30.8 Å². The lowest BCUT2D eigenvalue weighted by Gasteiger charge is -2.11. The maximum atomic E-state index is 13.3. The summed E-state index contributed by atoms with van der Waals surface area (Å²) in [5.41, 5.74) is 0.118. The minimum absolute atomic E-state index is 0.0416. The Morgan fingerprint density at radius 1 is 0.943 bits per heavy atom. The average Bonchev–Trinajstić information content (AvgIpc) is 3.27. The van der Waals surface area contributed by atoms with E-state index in [1.165, 1.54) is 16.7 Å². The molecule has 0 radical (unpaired) electrons. The summed E-state index contributed by atoms with van der Waals surface area (Å²) in [5, 5.41) is 11.7. The first-order valence-electron chi connectivity index (χ1n) is 10.4. The Labute approximate surface area is 200 Å². The third kappa shape index (κ3) is 4.37. The predicted octanol–water partition coefficient (Wildman–Crippen LogP) is 4.78. The van der Waals surface area contributed by atoms with Gasteiger partial charge in [-0.3, -0.25) is 14.0 Å². The predicted molar refractivity (Wildman–Crippen MR) is 127 cm³/mol. The van der Waals surface area contributed by atoms with Crippen LogP contribution in [0.25, 0.3) is 22.4 Å². The van der Waals surface area contributed by atoms with Crippen molar-refractivity contribution in [1.29, 1.82) is 0 Å². The van der Waals surface area contributed by atoms with Gasteiger partial charge in [0.05, 0.1) is 27.9 Å². The number of nitrogens with one attached hydrogen (secondary N) is 1. The topological polar surface area (TPSA) is 81.3 Å². The molecule has 1 N–H and O–H groups in total. The van der Waals surface area contributed by atoms with Gasteiger partial charge in [0.25, 0.3) is 5.56 Å². The number of anilines is 1. The van der Waals surface area contributed by atoms with E-state index < -0.39 is 17.6 Å². The number of hydrogen-bond acceptors (Lipinski definition) is 5. The van der Waals surface area contributed by atoms with Crippen LogP contribution in [0.2, 0.25) is 0 Å². The molecule has 176 valence electrons. The average molecular weight is 495 g/mol. The van der Waals surface area contributed by atoms with E-state index in [0.717, 1.165) is 23.9 Å². The maximum Gasteiger partial charge on any atom is 0.416 e. The van der Waals surface area contributed by atoms with Crippen LogP contribution in [0.4, 0.5) is 18.9 Å². The standard InChI is InChI=1S/C24H16F3N5O2S/c25-24(26,27)15-7-6-8-16(13-15)28-20(33)14-35-23-30-29-22-31(17-9-2-1-3-10-17)21(34)18-11-4-5-12-19(18)32(22)23/h1-13H,14H2,(H,28,33). The minimum atomic E-state index is -4.51. The summed E-state index contributed by atoms with van der Waals surface area (Å²) in [5.74, 6) is -0.358. The second kappa shape index (κ2) is 8.91. The quantitative estimate of drug-likeness (QED) is 0.355. The monoisotopic (exact) mass is 495 g/mol. The van der Waals surface area contributed by atoms with E-state index in [1.54, 1.807) is 52.9 Å². The number of para-hydroxylation sites is 2. The van der Waals surface area contributed by atoms with Crippen LogP contribution in [0.3, 0.4) is 0 Å². The third-order valence-electron chi connectivity index (χ3n) is 5.22. The summed E-state index contributed by atoms with van der Waals surface area (Å²) in [6, 6.07) is 20.4. The fourth-order valence-electron chi connectivity index (χ4n) is 3.68. The van der Waals surface area contributed by atoms with E-state index in [1.807, 2.05) is 6.07 Å². The Balaban J connectivity index is 1.48. The first-order chi connectivity index (χ1) is 16.8. The molecule has 0 fully saturated rings. The molecule has 0 aliphatic carbocycles. The number of fused-ring (bicyclic) bond motifs is 3. The number of hydrogen-bond donors (Lipinski definition) is 1. The molecule has 0 aliphatic rings. The second-order valence-electron chi connectivity index (χ2n) is 7.53. The van der Waals surface area contributed by atoms with Crippen molar-refractivity contribution in [2.45, 2.75) is 11.3 Å². The number of nitrogens with zero attached hydrogens (tertiary/aromatic N) is 4. The molecule has 0 saturated heterocycles. The number of rotatable bonds is 5. The van der Waals surface area contributed by atoms with Crippen molar-refractivity contribution >= 4 is 40.0 Å². The zero-order valence-electron chi connectivity index (χ0n) is 17.9. The van der Waals surface area contributed by atoms with Gasteiger partial charge in [-0.15, -0.1) is 10.2 Å². The molecule has 3 aromatic carbocycles. The molecule has 0 bridgehead atoms. The van der Waals surface area contributed by atoms with Gasteiger partial charge in [-0.1, -0.05) is 48.2 Å². The first kappa shape index (κ1) is 22.7. The Kier molecular flexibility index (Phi) is 5.77. The third-order valence-corrected chi connectivity index (χ3v) is 6.14. The van der Waals surface area contributed by atoms with E-state index in [4.69, 9.17) is 0 Å². The van der Waals surface area contributed by atoms with Gasteiger partial charge >= 0.3 is 6.18 Å². The Morgan fingerprint density at radius 2 is 1.69 bits per heavy atom. The fraction of sp³-hybridized carbons (Fsp3) is 0.0833. The molecule has 0 spiro atoms. The van der Waals surface area contributed by atoms with Gasteiger partial charge < -0.3 is 5.32 Å². The van der Waals surface area contributed by atoms with Crippen LogP contribution in [0, 0.1) is 0 Å². The molecule has 5 aromatic rings. The summed E-state index contributed by atoms with van der Waals surface area (Å²) < 4.78 is 42.0. The van der Waals surface area contributed by atoms with Crippen molar-refractivity contribution in [2.75, 3.05) is 11.1 Å². The molecule has 5 rings (SSSR count). The lowest BCUT2D eigenvalue weighted by Crippen LogP contribution is -2.21. The van der Waals surface area contributed by atoms with Crippen LogP contribution >= 0.6 is 11.8 Å². The molecular formula is C24H16F3N5O2S. The molecule has 11 heteroatoms. The number of aromatic nitrogens is 4. The van der Waals surface area contributed by atoms with Crippen LogP contribution in [0.5, 0.6) is 0 Å². The number of carbonyl (C=O) groups excluding carboxylic acids is 1. The number of halogens is 3. The van der Waals surface area contributed by atoms with E-state index in [-0.39, 0.29) is 22.8 Å². The number of amides is 1. The van der Waals surface area contributed by atoms with Gasteiger partial charge in [-0.05, 0) is 42.5 Å². The summed E-state index contributed by atoms with van der Waals surface area (Å²) >= 11 is 1.06. The van der Waals surface area contributed by atoms with Crippen molar-refractivity contribution < 1.29 is 18.0 Å². The van der Waals surface area contributed by atoms with Crippen molar-refractivity contribution in [1.82, 2.24) is 19.2 Å². The molecule has 0 unspecified atom stereocenters. The minimum Gasteiger partial charge on any atom is -0.325 e. The lowest BCUT2D eigenvalue weighted by molar-refractivity contribution is -0.137. The highest BCUT2D eigenvalue weighted by Crippen LogP contribution is 2.31. The molecule has 0 atom stereocenters. The molecule has 2 aromatic heterocycles. The van der Waals surface area contributed by atoms with Crippen LogP contribution in [0.15, 0.2) is 88.8 Å². The molecule has 0 saturated carbocycles. The smallest absolute Gasteiger partial charge is 0.325 e. The first-order valence-corrected chi connectivity index (χ1v) is 11.4. The number of carbonyl (C=O) groups is 1. The van der Waals surface area contributed by atoms with Gasteiger partial charge in [0.15, 0.2) is 5.16 Å². The highest BCUT2D eigenvalue weighted by Gasteiger charge is 2.30. The molecule has 35 heavy (non-hydrogen) atoms. The molecular weight excluding hydrogens is 479 g/mol. The molecule has 1 amide bonds. The second-order valence-corrected chi connectivity index (χ2v) is 8.47. The summed E-state index contributed by atoms with van der Waals surface area (Å²) in [4.78, 5) is 25.7. The molecule has 0 aliphatic heterocycles. The lowest BCUT2D eigenvalue weighted by atomic mass is 10.2. The summed E-state index contributed by atoms with van der Waals surface area (Å²) in [6.45, 7) is 0. The largest absolute Gasteiger partial charge is 0.416 e. The SMILES string of the molecule is O=C(CSc1nnc2n(-c3ccccc3)c(=O)c3ccccc3n12)Nc1cccc(C(F)(F)F)c1. The summed E-state index contributed by atoms with van der Waals surface area (Å²) in [7, 11) is 0. The number of benzene rings is 3. The fourth-order valence-corrected chi connectivity index (χ4v) is 4.42. The van der Waals surface area contributed by atoms with Gasteiger partial charge in [-0.25, -0.2) is 4.57 Å². The zero-order valence-corrected chi connectivity index (χ0v) is 18.7. The number of thioether (sulfide) groups is 1.